The van der Waals surface area contributed by atoms with Crippen LogP contribution in [0.15, 0.2) is 35.5 Å². The average Bonchev–Trinajstić information content (AvgIpc) is 2.36. The van der Waals surface area contributed by atoms with E-state index in [1.54, 1.807) is 24.3 Å². The standard InChI is InChI=1S/C12H13NO4/c1-9(13-17-11(14)8-16-2)12(15)10-6-4-3-5-7-10/h3-7H,8H2,1-2H3/b13-9+. The largest absolute Gasteiger partial charge is 0.373 e. The van der Waals surface area contributed by atoms with Crippen LogP contribution in [0, 0.1) is 0 Å². The SMILES string of the molecule is COCC(=O)O/N=C(\C)C(=O)c1ccccc1. The molecule has 0 bridgehead atoms. The minimum atomic E-state index is -0.646. The summed E-state index contributed by atoms with van der Waals surface area (Å²) in [6, 6.07) is 8.63. The Morgan fingerprint density at radius 3 is 2.47 bits per heavy atom. The molecule has 0 aromatic heterocycles. The molecule has 0 amide bonds. The van der Waals surface area contributed by atoms with Gasteiger partial charge in [0.1, 0.15) is 12.3 Å². The van der Waals surface area contributed by atoms with Gasteiger partial charge in [-0.15, -0.1) is 0 Å². The van der Waals surface area contributed by atoms with Gasteiger partial charge in [0.2, 0.25) is 5.78 Å². The van der Waals surface area contributed by atoms with E-state index < -0.39 is 5.97 Å². The van der Waals surface area contributed by atoms with Crippen LogP contribution in [0.4, 0.5) is 0 Å². The highest BCUT2D eigenvalue weighted by atomic mass is 16.7. The number of oxime groups is 1. The molecule has 0 spiro atoms. The number of Topliss-reactive ketones (excluding diaryl/α,β-unsaturated/α-hetero) is 1. The summed E-state index contributed by atoms with van der Waals surface area (Å²) in [4.78, 5) is 27.2. The Hall–Kier alpha value is -2.01. The third-order valence-electron chi connectivity index (χ3n) is 1.91. The minimum absolute atomic E-state index is 0.112. The fourth-order valence-corrected chi connectivity index (χ4v) is 1.10. The number of rotatable bonds is 5. The lowest BCUT2D eigenvalue weighted by Crippen LogP contribution is -2.14. The monoisotopic (exact) mass is 235 g/mol. The van der Waals surface area contributed by atoms with Crippen molar-refractivity contribution in [1.29, 1.82) is 0 Å². The van der Waals surface area contributed by atoms with Crippen LogP contribution in [-0.2, 0) is 14.4 Å². The van der Waals surface area contributed by atoms with Crippen LogP contribution in [0.2, 0.25) is 0 Å². The molecule has 0 aliphatic rings. The highest BCUT2D eigenvalue weighted by molar-refractivity contribution is 6.45. The number of hydrogen-bond donors (Lipinski definition) is 0. The second-order valence-electron chi connectivity index (χ2n) is 3.27. The van der Waals surface area contributed by atoms with Crippen LogP contribution in [-0.4, -0.2) is 31.2 Å². The van der Waals surface area contributed by atoms with Gasteiger partial charge in [-0.1, -0.05) is 35.5 Å². The third-order valence-corrected chi connectivity index (χ3v) is 1.91. The van der Waals surface area contributed by atoms with Gasteiger partial charge in [0.25, 0.3) is 0 Å². The van der Waals surface area contributed by atoms with Gasteiger partial charge in [-0.2, -0.15) is 0 Å². The number of carbonyl (C=O) groups excluding carboxylic acids is 2. The van der Waals surface area contributed by atoms with Gasteiger partial charge in [0.15, 0.2) is 0 Å². The zero-order valence-corrected chi connectivity index (χ0v) is 9.67. The molecule has 17 heavy (non-hydrogen) atoms. The van der Waals surface area contributed by atoms with Crippen LogP contribution in [0.3, 0.4) is 0 Å². The van der Waals surface area contributed by atoms with Gasteiger partial charge >= 0.3 is 5.97 Å². The molecule has 0 atom stereocenters. The number of nitrogens with zero attached hydrogens (tertiary/aromatic N) is 1. The molecular weight excluding hydrogens is 222 g/mol. The Bertz CT molecular complexity index is 425. The first-order valence-electron chi connectivity index (χ1n) is 4.98. The summed E-state index contributed by atoms with van der Waals surface area (Å²) in [5.41, 5.74) is 0.609. The van der Waals surface area contributed by atoms with E-state index in [1.807, 2.05) is 6.07 Å². The quantitative estimate of drug-likeness (QED) is 0.335. The van der Waals surface area contributed by atoms with Crippen molar-refractivity contribution in [2.45, 2.75) is 6.92 Å². The average molecular weight is 235 g/mol. The van der Waals surface area contributed by atoms with E-state index in [9.17, 15) is 9.59 Å². The molecule has 0 aliphatic heterocycles. The Morgan fingerprint density at radius 2 is 1.88 bits per heavy atom. The smallest absolute Gasteiger partial charge is 0.360 e. The summed E-state index contributed by atoms with van der Waals surface area (Å²) in [6.45, 7) is 1.28. The van der Waals surface area contributed by atoms with Gasteiger partial charge in [-0.25, -0.2) is 4.79 Å². The zero-order chi connectivity index (χ0) is 12.7. The van der Waals surface area contributed by atoms with Crippen molar-refractivity contribution in [1.82, 2.24) is 0 Å². The molecule has 0 saturated carbocycles. The maximum atomic E-state index is 11.8. The van der Waals surface area contributed by atoms with Crippen molar-refractivity contribution in [3.05, 3.63) is 35.9 Å². The molecule has 0 N–H and O–H groups in total. The van der Waals surface area contributed by atoms with E-state index in [1.165, 1.54) is 14.0 Å². The maximum Gasteiger partial charge on any atom is 0.360 e. The van der Waals surface area contributed by atoms with Gasteiger partial charge in [0, 0.05) is 12.7 Å². The highest BCUT2D eigenvalue weighted by Gasteiger charge is 2.10. The van der Waals surface area contributed by atoms with Crippen LogP contribution in [0.5, 0.6) is 0 Å². The van der Waals surface area contributed by atoms with Gasteiger partial charge in [-0.3, -0.25) is 4.79 Å². The summed E-state index contributed by atoms with van der Waals surface area (Å²) in [5, 5.41) is 3.46. The maximum absolute atomic E-state index is 11.8. The topological polar surface area (TPSA) is 65.0 Å². The lowest BCUT2D eigenvalue weighted by Gasteiger charge is -2.00. The molecule has 5 nitrogen and oxygen atoms in total. The number of hydrogen-bond acceptors (Lipinski definition) is 5. The van der Waals surface area contributed by atoms with Crippen LogP contribution in [0.1, 0.15) is 17.3 Å². The lowest BCUT2D eigenvalue weighted by molar-refractivity contribution is -0.147. The summed E-state index contributed by atoms with van der Waals surface area (Å²) in [6.07, 6.45) is 0. The first-order valence-corrected chi connectivity index (χ1v) is 4.98. The number of benzene rings is 1. The summed E-state index contributed by atoms with van der Waals surface area (Å²) in [7, 11) is 1.37. The van der Waals surface area contributed by atoms with Crippen molar-refractivity contribution < 1.29 is 19.2 Å². The van der Waals surface area contributed by atoms with Gasteiger partial charge in [-0.05, 0) is 6.92 Å². The molecule has 1 aromatic carbocycles. The van der Waals surface area contributed by atoms with Gasteiger partial charge < -0.3 is 9.57 Å². The number of ketones is 1. The Kier molecular flexibility index (Phi) is 5.03. The van der Waals surface area contributed by atoms with E-state index in [4.69, 9.17) is 0 Å². The van der Waals surface area contributed by atoms with Crippen LogP contribution < -0.4 is 0 Å². The molecule has 1 aromatic rings. The first-order chi connectivity index (χ1) is 8.15. The first kappa shape index (κ1) is 13.1. The molecule has 0 aliphatic carbocycles. The number of ether oxygens (including phenoxy) is 1. The molecule has 0 radical (unpaired) electrons. The van der Waals surface area contributed by atoms with E-state index in [0.717, 1.165) is 0 Å². The lowest BCUT2D eigenvalue weighted by atomic mass is 10.1. The van der Waals surface area contributed by atoms with Crippen LogP contribution >= 0.6 is 0 Å². The molecule has 90 valence electrons. The molecule has 0 fully saturated rings. The fraction of sp³-hybridized carbons (Fsp3) is 0.250. The minimum Gasteiger partial charge on any atom is -0.373 e. The van der Waals surface area contributed by atoms with E-state index in [2.05, 4.69) is 14.7 Å². The van der Waals surface area contributed by atoms with E-state index >= 15 is 0 Å². The molecule has 0 unspecified atom stereocenters. The Labute approximate surface area is 99.0 Å². The fourth-order valence-electron chi connectivity index (χ4n) is 1.10. The zero-order valence-electron chi connectivity index (χ0n) is 9.67. The Morgan fingerprint density at radius 1 is 1.24 bits per heavy atom. The van der Waals surface area contributed by atoms with E-state index in [-0.39, 0.29) is 18.1 Å². The van der Waals surface area contributed by atoms with E-state index in [0.29, 0.717) is 5.56 Å². The van der Waals surface area contributed by atoms with Gasteiger partial charge in [0.05, 0.1) is 0 Å². The summed E-state index contributed by atoms with van der Waals surface area (Å²) < 4.78 is 4.55. The summed E-state index contributed by atoms with van der Waals surface area (Å²) in [5.74, 6) is -0.927. The molecular formula is C12H13NO4. The second-order valence-corrected chi connectivity index (χ2v) is 3.27. The Balaban J connectivity index is 2.64. The third kappa shape index (κ3) is 4.16. The van der Waals surface area contributed by atoms with Crippen molar-refractivity contribution in [3.63, 3.8) is 0 Å². The number of carbonyl (C=O) groups is 2. The van der Waals surface area contributed by atoms with Crippen molar-refractivity contribution in [3.8, 4) is 0 Å². The highest BCUT2D eigenvalue weighted by Crippen LogP contribution is 2.01. The summed E-state index contributed by atoms with van der Waals surface area (Å²) >= 11 is 0. The van der Waals surface area contributed by atoms with Crippen molar-refractivity contribution in [2.24, 2.45) is 5.16 Å². The van der Waals surface area contributed by atoms with Crippen molar-refractivity contribution in [2.75, 3.05) is 13.7 Å². The molecule has 5 heteroatoms. The predicted molar refractivity (Wildman–Crippen MR) is 61.8 cm³/mol. The number of methoxy groups -OCH3 is 1. The molecule has 0 saturated heterocycles. The van der Waals surface area contributed by atoms with Crippen molar-refractivity contribution >= 4 is 17.5 Å². The predicted octanol–water partition coefficient (Wildman–Crippen LogP) is 1.43. The second kappa shape index (κ2) is 6.55. The normalized spacial score (nSPS) is 11.1. The molecule has 0 heterocycles. The molecule has 1 rings (SSSR count). The van der Waals surface area contributed by atoms with Crippen LogP contribution in [0.25, 0.3) is 0 Å².